The normalized spacial score (nSPS) is 10.5. The highest BCUT2D eigenvalue weighted by Gasteiger charge is 2.23. The maximum absolute atomic E-state index is 13.2. The summed E-state index contributed by atoms with van der Waals surface area (Å²) in [5.74, 6) is 0.629. The lowest BCUT2D eigenvalue weighted by atomic mass is 10.1. The standard InChI is InChI=1S/C26H21NO5/c1-3-16-31-20-14-10-18(11-15-20)26(29)27-23-21-6-4-5-7-22(21)32-25(23)24(28)17-8-12-19(30-2)13-9-17/h3-15H,1,16H2,2H3,(H,27,29). The van der Waals surface area contributed by atoms with Crippen LogP contribution in [0.1, 0.15) is 26.5 Å². The summed E-state index contributed by atoms with van der Waals surface area (Å²) in [6, 6.07) is 20.6. The second-order valence-electron chi connectivity index (χ2n) is 6.94. The highest BCUT2D eigenvalue weighted by molar-refractivity contribution is 6.18. The number of anilines is 1. The molecule has 0 saturated carbocycles. The first kappa shape index (κ1) is 20.9. The van der Waals surface area contributed by atoms with Gasteiger partial charge in [-0.25, -0.2) is 0 Å². The molecule has 6 heteroatoms. The Kier molecular flexibility index (Phi) is 6.03. The third-order valence-corrected chi connectivity index (χ3v) is 4.88. The van der Waals surface area contributed by atoms with Gasteiger partial charge in [-0.2, -0.15) is 0 Å². The Morgan fingerprint density at radius 2 is 1.59 bits per heavy atom. The zero-order chi connectivity index (χ0) is 22.5. The van der Waals surface area contributed by atoms with Gasteiger partial charge in [0.1, 0.15) is 23.7 Å². The number of rotatable bonds is 8. The summed E-state index contributed by atoms with van der Waals surface area (Å²) in [5, 5.41) is 3.49. The maximum Gasteiger partial charge on any atom is 0.255 e. The molecule has 0 unspecified atom stereocenters. The van der Waals surface area contributed by atoms with Gasteiger partial charge in [-0.05, 0) is 60.7 Å². The lowest BCUT2D eigenvalue weighted by molar-refractivity contribution is 0.101. The number of hydrogen-bond acceptors (Lipinski definition) is 5. The highest BCUT2D eigenvalue weighted by Crippen LogP contribution is 2.33. The van der Waals surface area contributed by atoms with Crippen molar-refractivity contribution in [2.75, 3.05) is 19.0 Å². The smallest absolute Gasteiger partial charge is 0.255 e. The third-order valence-electron chi connectivity index (χ3n) is 4.88. The van der Waals surface area contributed by atoms with Crippen molar-refractivity contribution in [3.8, 4) is 11.5 Å². The number of carbonyl (C=O) groups is 2. The Hall–Kier alpha value is -4.32. The van der Waals surface area contributed by atoms with Gasteiger partial charge in [-0.15, -0.1) is 0 Å². The molecule has 1 amide bonds. The minimum atomic E-state index is -0.365. The van der Waals surface area contributed by atoms with Crippen LogP contribution < -0.4 is 14.8 Å². The van der Waals surface area contributed by atoms with Crippen molar-refractivity contribution in [3.05, 3.63) is 102 Å². The summed E-state index contributed by atoms with van der Waals surface area (Å²) < 4.78 is 16.5. The van der Waals surface area contributed by atoms with E-state index in [1.807, 2.05) is 6.07 Å². The summed E-state index contributed by atoms with van der Waals surface area (Å²) in [6.45, 7) is 3.99. The van der Waals surface area contributed by atoms with Crippen molar-refractivity contribution >= 4 is 28.3 Å². The Labute approximate surface area is 185 Å². The van der Waals surface area contributed by atoms with Crippen molar-refractivity contribution in [1.29, 1.82) is 0 Å². The zero-order valence-electron chi connectivity index (χ0n) is 17.5. The number of hydrogen-bond donors (Lipinski definition) is 1. The fraction of sp³-hybridized carbons (Fsp3) is 0.0769. The van der Waals surface area contributed by atoms with Gasteiger partial charge in [-0.1, -0.05) is 24.8 Å². The topological polar surface area (TPSA) is 77.8 Å². The number of fused-ring (bicyclic) bond motifs is 1. The van der Waals surface area contributed by atoms with E-state index < -0.39 is 0 Å². The van der Waals surface area contributed by atoms with Crippen LogP contribution in [0.5, 0.6) is 11.5 Å². The molecule has 0 saturated heterocycles. The molecule has 3 aromatic carbocycles. The van der Waals surface area contributed by atoms with Gasteiger partial charge in [0.25, 0.3) is 5.91 Å². The summed E-state index contributed by atoms with van der Waals surface area (Å²) in [4.78, 5) is 26.1. The van der Waals surface area contributed by atoms with E-state index in [1.54, 1.807) is 79.9 Å². The number of para-hydroxylation sites is 1. The molecule has 0 fully saturated rings. The Morgan fingerprint density at radius 1 is 0.938 bits per heavy atom. The minimum absolute atomic E-state index is 0.0654. The molecule has 0 radical (unpaired) electrons. The molecule has 0 atom stereocenters. The Morgan fingerprint density at radius 3 is 2.28 bits per heavy atom. The molecule has 4 aromatic rings. The van der Waals surface area contributed by atoms with Crippen LogP contribution in [0.15, 0.2) is 89.9 Å². The summed E-state index contributed by atoms with van der Waals surface area (Å²) in [5.41, 5.74) is 1.68. The number of ketones is 1. The lowest BCUT2D eigenvalue weighted by Gasteiger charge is -2.08. The Balaban J connectivity index is 1.66. The number of carbonyl (C=O) groups excluding carboxylic acids is 2. The van der Waals surface area contributed by atoms with Crippen LogP contribution in [0, 0.1) is 0 Å². The first-order chi connectivity index (χ1) is 15.6. The largest absolute Gasteiger partial charge is 0.497 e. The van der Waals surface area contributed by atoms with Crippen molar-refractivity contribution in [2.24, 2.45) is 0 Å². The van der Waals surface area contributed by atoms with E-state index in [0.717, 1.165) is 0 Å². The molecule has 0 aliphatic heterocycles. The average Bonchev–Trinajstić information content (AvgIpc) is 3.21. The van der Waals surface area contributed by atoms with Gasteiger partial charge in [0.05, 0.1) is 12.8 Å². The van der Waals surface area contributed by atoms with Crippen LogP contribution in [-0.4, -0.2) is 25.4 Å². The van der Waals surface area contributed by atoms with E-state index in [2.05, 4.69) is 11.9 Å². The molecule has 0 spiro atoms. The van der Waals surface area contributed by atoms with Crippen molar-refractivity contribution in [2.45, 2.75) is 0 Å². The molecule has 1 aromatic heterocycles. The van der Waals surface area contributed by atoms with E-state index in [1.165, 1.54) is 0 Å². The van der Waals surface area contributed by atoms with E-state index in [0.29, 0.717) is 45.9 Å². The van der Waals surface area contributed by atoms with Gasteiger partial charge in [0.2, 0.25) is 5.78 Å². The first-order valence-corrected chi connectivity index (χ1v) is 9.96. The fourth-order valence-electron chi connectivity index (χ4n) is 3.25. The molecule has 0 aliphatic carbocycles. The van der Waals surface area contributed by atoms with Gasteiger partial charge in [0, 0.05) is 16.5 Å². The zero-order valence-corrected chi connectivity index (χ0v) is 17.5. The minimum Gasteiger partial charge on any atom is -0.497 e. The second kappa shape index (κ2) is 9.22. The Bertz CT molecular complexity index is 1270. The summed E-state index contributed by atoms with van der Waals surface area (Å²) in [7, 11) is 1.56. The maximum atomic E-state index is 13.2. The summed E-state index contributed by atoms with van der Waals surface area (Å²) >= 11 is 0. The predicted molar refractivity (Wildman–Crippen MR) is 123 cm³/mol. The van der Waals surface area contributed by atoms with Gasteiger partial charge in [-0.3, -0.25) is 9.59 Å². The van der Waals surface area contributed by atoms with Crippen molar-refractivity contribution < 1.29 is 23.5 Å². The quantitative estimate of drug-likeness (QED) is 0.297. The SMILES string of the molecule is C=CCOc1ccc(C(=O)Nc2c(C(=O)c3ccc(OC)cc3)oc3ccccc23)cc1. The molecular formula is C26H21NO5. The molecule has 4 rings (SSSR count). The molecule has 6 nitrogen and oxygen atoms in total. The average molecular weight is 427 g/mol. The van der Waals surface area contributed by atoms with E-state index in [9.17, 15) is 9.59 Å². The molecule has 1 heterocycles. The number of ether oxygens (including phenoxy) is 2. The second-order valence-corrected chi connectivity index (χ2v) is 6.94. The lowest BCUT2D eigenvalue weighted by Crippen LogP contribution is -2.14. The fourth-order valence-corrected chi connectivity index (χ4v) is 3.25. The van der Waals surface area contributed by atoms with Crippen LogP contribution in [0.25, 0.3) is 11.0 Å². The van der Waals surface area contributed by atoms with Crippen LogP contribution >= 0.6 is 0 Å². The van der Waals surface area contributed by atoms with E-state index in [-0.39, 0.29) is 17.5 Å². The predicted octanol–water partition coefficient (Wildman–Crippen LogP) is 5.49. The van der Waals surface area contributed by atoms with Gasteiger partial charge >= 0.3 is 0 Å². The third kappa shape index (κ3) is 4.25. The molecule has 32 heavy (non-hydrogen) atoms. The van der Waals surface area contributed by atoms with Crippen LogP contribution in [0.4, 0.5) is 5.69 Å². The van der Waals surface area contributed by atoms with Gasteiger partial charge < -0.3 is 19.2 Å². The van der Waals surface area contributed by atoms with Crippen molar-refractivity contribution in [3.63, 3.8) is 0 Å². The number of nitrogens with one attached hydrogen (secondary N) is 1. The highest BCUT2D eigenvalue weighted by atomic mass is 16.5. The number of benzene rings is 3. The van der Waals surface area contributed by atoms with Crippen LogP contribution in [-0.2, 0) is 0 Å². The monoisotopic (exact) mass is 427 g/mol. The van der Waals surface area contributed by atoms with Gasteiger partial charge in [0.15, 0.2) is 5.76 Å². The van der Waals surface area contributed by atoms with E-state index in [4.69, 9.17) is 13.9 Å². The molecule has 160 valence electrons. The van der Waals surface area contributed by atoms with Crippen LogP contribution in [0.2, 0.25) is 0 Å². The molecule has 0 bridgehead atoms. The number of furan rings is 1. The molecular weight excluding hydrogens is 406 g/mol. The number of methoxy groups -OCH3 is 1. The number of amides is 1. The summed E-state index contributed by atoms with van der Waals surface area (Å²) in [6.07, 6.45) is 1.64. The van der Waals surface area contributed by atoms with E-state index >= 15 is 0 Å². The van der Waals surface area contributed by atoms with Crippen LogP contribution in [0.3, 0.4) is 0 Å². The first-order valence-electron chi connectivity index (χ1n) is 9.96. The molecule has 1 N–H and O–H groups in total. The van der Waals surface area contributed by atoms with Crippen molar-refractivity contribution in [1.82, 2.24) is 0 Å². The molecule has 0 aliphatic rings.